The highest BCUT2D eigenvalue weighted by Gasteiger charge is 2.05. The van der Waals surface area contributed by atoms with E-state index in [-0.39, 0.29) is 0 Å². The summed E-state index contributed by atoms with van der Waals surface area (Å²) in [5.74, 6) is 1.61. The van der Waals surface area contributed by atoms with Crippen LogP contribution in [0.2, 0.25) is 0 Å². The van der Waals surface area contributed by atoms with Gasteiger partial charge in [0.2, 0.25) is 0 Å². The Morgan fingerprint density at radius 3 is 1.33 bits per heavy atom. The molecule has 4 aromatic carbocycles. The number of para-hydroxylation sites is 2. The Morgan fingerprint density at radius 1 is 0.510 bits per heavy atom. The topological polar surface area (TPSA) is 67.2 Å². The lowest BCUT2D eigenvalue weighted by Crippen LogP contribution is -2.06. The van der Waals surface area contributed by atoms with Crippen molar-refractivity contribution in [2.45, 2.75) is 6.42 Å². The van der Waals surface area contributed by atoms with Gasteiger partial charge in [-0.2, -0.15) is 10.2 Å². The van der Waals surface area contributed by atoms with Gasteiger partial charge in [-0.1, -0.05) is 48.5 Å². The molecule has 0 spiro atoms. The molecule has 0 aliphatic heterocycles. The third-order valence-corrected chi connectivity index (χ3v) is 8.86. The minimum atomic E-state index is 0.543. The van der Waals surface area contributed by atoms with Gasteiger partial charge in [-0.25, -0.2) is 0 Å². The first kappa shape index (κ1) is 33.2. The van der Waals surface area contributed by atoms with Crippen LogP contribution in [0.15, 0.2) is 167 Å². The Kier molecular flexibility index (Phi) is 12.2. The van der Waals surface area contributed by atoms with Gasteiger partial charge in [0.05, 0.1) is 36.0 Å². The molecule has 0 aliphatic carbocycles. The Bertz CT molecular complexity index is 1810. The third-order valence-electron chi connectivity index (χ3n) is 7.18. The summed E-state index contributed by atoms with van der Waals surface area (Å²) in [5.41, 5.74) is 11.8. The molecular formula is C41H36N4O2S2. The molecule has 6 aromatic rings. The number of anilines is 2. The number of hydrazone groups is 2. The van der Waals surface area contributed by atoms with E-state index in [0.29, 0.717) is 13.2 Å². The zero-order valence-corrected chi connectivity index (χ0v) is 28.4. The second-order valence-corrected chi connectivity index (χ2v) is 12.7. The van der Waals surface area contributed by atoms with Gasteiger partial charge in [-0.15, -0.1) is 22.7 Å². The molecule has 6 rings (SSSR count). The lowest BCUT2D eigenvalue weighted by atomic mass is 10.1. The fourth-order valence-electron chi connectivity index (χ4n) is 4.65. The van der Waals surface area contributed by atoms with Crippen LogP contribution in [0.25, 0.3) is 12.2 Å². The molecule has 0 unspecified atom stereocenters. The van der Waals surface area contributed by atoms with E-state index in [1.807, 2.05) is 133 Å². The van der Waals surface area contributed by atoms with Gasteiger partial charge in [-0.3, -0.25) is 10.9 Å². The molecule has 0 saturated carbocycles. The molecule has 0 atom stereocenters. The third kappa shape index (κ3) is 10.7. The van der Waals surface area contributed by atoms with Crippen molar-refractivity contribution in [1.29, 1.82) is 0 Å². The van der Waals surface area contributed by atoms with E-state index in [0.717, 1.165) is 51.8 Å². The largest absolute Gasteiger partial charge is 0.493 e. The molecule has 2 aromatic heterocycles. The van der Waals surface area contributed by atoms with E-state index in [1.54, 1.807) is 22.7 Å². The monoisotopic (exact) mass is 680 g/mol. The normalized spacial score (nSPS) is 12.0. The second-order valence-electron chi connectivity index (χ2n) is 10.7. The Balaban J connectivity index is 1.00. The van der Waals surface area contributed by atoms with Crippen molar-refractivity contribution in [1.82, 2.24) is 0 Å². The number of thiophene rings is 2. The number of nitrogens with zero attached hydrogens (tertiary/aromatic N) is 2. The molecule has 0 aliphatic rings. The first-order valence-electron chi connectivity index (χ1n) is 16.0. The first-order valence-corrected chi connectivity index (χ1v) is 17.7. The molecule has 0 bridgehead atoms. The summed E-state index contributed by atoms with van der Waals surface area (Å²) in [6.45, 7) is 1.09. The van der Waals surface area contributed by atoms with Crippen LogP contribution in [-0.2, 0) is 0 Å². The van der Waals surface area contributed by atoms with Gasteiger partial charge in [0.1, 0.15) is 11.5 Å². The quantitative estimate of drug-likeness (QED) is 0.0607. The molecule has 0 amide bonds. The van der Waals surface area contributed by atoms with E-state index < -0.39 is 0 Å². The molecule has 0 fully saturated rings. The van der Waals surface area contributed by atoms with Crippen LogP contribution in [0.3, 0.4) is 0 Å². The molecule has 2 heterocycles. The van der Waals surface area contributed by atoms with Crippen molar-refractivity contribution in [2.75, 3.05) is 24.1 Å². The molecule has 0 saturated heterocycles. The van der Waals surface area contributed by atoms with Gasteiger partial charge in [0, 0.05) is 27.3 Å². The van der Waals surface area contributed by atoms with Crippen LogP contribution in [-0.4, -0.2) is 24.6 Å². The van der Waals surface area contributed by atoms with Crippen LogP contribution in [0.4, 0.5) is 11.4 Å². The average Bonchev–Trinajstić information content (AvgIpc) is 3.89. The Hall–Kier alpha value is -5.70. The maximum atomic E-state index is 6.02. The summed E-state index contributed by atoms with van der Waals surface area (Å²) in [5, 5.41) is 13.5. The molecule has 0 radical (unpaired) electrons. The molecule has 244 valence electrons. The number of hydrogen-bond donors (Lipinski definition) is 2. The van der Waals surface area contributed by atoms with Gasteiger partial charge in [0.25, 0.3) is 0 Å². The van der Waals surface area contributed by atoms with E-state index in [4.69, 9.17) is 9.47 Å². The first-order chi connectivity index (χ1) is 24.3. The summed E-state index contributed by atoms with van der Waals surface area (Å²) in [7, 11) is 0. The second kappa shape index (κ2) is 18.0. The Labute approximate surface area is 295 Å². The smallest absolute Gasteiger partial charge is 0.119 e. The lowest BCUT2D eigenvalue weighted by molar-refractivity contribution is 0.247. The van der Waals surface area contributed by atoms with Crippen molar-refractivity contribution < 1.29 is 9.47 Å². The van der Waals surface area contributed by atoms with Gasteiger partial charge < -0.3 is 9.47 Å². The van der Waals surface area contributed by atoms with Crippen molar-refractivity contribution in [3.8, 4) is 11.5 Å². The number of rotatable bonds is 16. The SMILES string of the molecule is C(=C\c1cccs1)/C(=NNc1ccccc1)c1ccc(OCCCOc2ccc(C(/C=C/c3cccs3)=N/Nc3ccccc3)cc2)cc1. The van der Waals surface area contributed by atoms with Crippen LogP contribution in [0.1, 0.15) is 27.3 Å². The van der Waals surface area contributed by atoms with Gasteiger partial charge >= 0.3 is 0 Å². The molecular weight excluding hydrogens is 645 g/mol. The maximum absolute atomic E-state index is 6.02. The van der Waals surface area contributed by atoms with E-state index >= 15 is 0 Å². The van der Waals surface area contributed by atoms with Gasteiger partial charge in [0.15, 0.2) is 0 Å². The number of nitrogens with one attached hydrogen (secondary N) is 2. The lowest BCUT2D eigenvalue weighted by Gasteiger charge is -2.10. The Morgan fingerprint density at radius 2 is 0.939 bits per heavy atom. The predicted molar refractivity (Wildman–Crippen MR) is 208 cm³/mol. The molecule has 6 nitrogen and oxygen atoms in total. The minimum absolute atomic E-state index is 0.543. The van der Waals surface area contributed by atoms with Crippen molar-refractivity contribution in [3.05, 3.63) is 177 Å². The zero-order valence-electron chi connectivity index (χ0n) is 26.8. The van der Waals surface area contributed by atoms with E-state index in [9.17, 15) is 0 Å². The standard InChI is InChI=1S/C41H36N4O2S2/c1-3-10-34(11-4-1)42-44-40(26-24-38-14-7-30-48-38)32-16-20-36(21-17-32)46-28-9-29-47-37-22-18-33(19-23-37)41(27-25-39-15-8-31-49-39)45-43-35-12-5-2-6-13-35/h1-8,10-27,30-31,42-43H,9,28-29H2/b26-24+,27-25+,44-40+,45-41?. The number of ether oxygens (including phenoxy) is 2. The highest BCUT2D eigenvalue weighted by molar-refractivity contribution is 7.11. The summed E-state index contributed by atoms with van der Waals surface area (Å²) in [6.07, 6.45) is 8.95. The molecule has 49 heavy (non-hydrogen) atoms. The zero-order chi connectivity index (χ0) is 33.4. The maximum Gasteiger partial charge on any atom is 0.119 e. The van der Waals surface area contributed by atoms with E-state index in [2.05, 4.69) is 56.1 Å². The van der Waals surface area contributed by atoms with Crippen LogP contribution >= 0.6 is 22.7 Å². The summed E-state index contributed by atoms with van der Waals surface area (Å²) < 4.78 is 12.0. The number of allylic oxidation sites excluding steroid dienone is 2. The summed E-state index contributed by atoms with van der Waals surface area (Å²) >= 11 is 3.38. The van der Waals surface area contributed by atoms with Crippen LogP contribution < -0.4 is 20.3 Å². The van der Waals surface area contributed by atoms with Crippen molar-refractivity contribution in [3.63, 3.8) is 0 Å². The van der Waals surface area contributed by atoms with Gasteiger partial charge in [-0.05, 0) is 120 Å². The molecule has 2 N–H and O–H groups in total. The van der Waals surface area contributed by atoms with Crippen molar-refractivity contribution in [2.24, 2.45) is 10.2 Å². The number of hydrogen-bond acceptors (Lipinski definition) is 8. The summed E-state index contributed by atoms with van der Waals surface area (Å²) in [6, 6.07) is 44.1. The average molecular weight is 681 g/mol. The fourth-order valence-corrected chi connectivity index (χ4v) is 5.88. The van der Waals surface area contributed by atoms with E-state index in [1.165, 1.54) is 9.75 Å². The van der Waals surface area contributed by atoms with Crippen LogP contribution in [0, 0.1) is 0 Å². The minimum Gasteiger partial charge on any atom is -0.493 e. The van der Waals surface area contributed by atoms with Crippen LogP contribution in [0.5, 0.6) is 11.5 Å². The fraction of sp³-hybridized carbons (Fsp3) is 0.0732. The van der Waals surface area contributed by atoms with Crippen molar-refractivity contribution >= 4 is 57.6 Å². The number of benzene rings is 4. The highest BCUT2D eigenvalue weighted by atomic mass is 32.1. The predicted octanol–water partition coefficient (Wildman–Crippen LogP) is 10.7. The summed E-state index contributed by atoms with van der Waals surface area (Å²) in [4.78, 5) is 2.34. The molecule has 8 heteroatoms. The highest BCUT2D eigenvalue weighted by Crippen LogP contribution is 2.19.